The highest BCUT2D eigenvalue weighted by molar-refractivity contribution is 5.92. The molecule has 3 heterocycles. The number of anilines is 1. The standard InChI is InChI=1S/C14H20N4.C7H16N2/c1-16-8-11-7-12-9-17-10-14(18(12)13(11)15)5-3-2-4-6-14;1-2-9-7-3-5-8-6-4-7/h7-9H,2-6,10,15H2,1H3;7-9H,2-6H2,1H3. The van der Waals surface area contributed by atoms with Gasteiger partial charge in [-0.05, 0) is 51.4 Å². The summed E-state index contributed by atoms with van der Waals surface area (Å²) in [6.07, 6.45) is 12.7. The average molecular weight is 373 g/mol. The summed E-state index contributed by atoms with van der Waals surface area (Å²) in [5.74, 6) is 0.851. The molecule has 1 spiro atoms. The maximum Gasteiger partial charge on any atom is 0.113 e. The molecule has 0 atom stereocenters. The number of rotatable bonds is 3. The van der Waals surface area contributed by atoms with E-state index in [1.54, 1.807) is 7.05 Å². The number of nitrogens with zero attached hydrogens (tertiary/aromatic N) is 3. The van der Waals surface area contributed by atoms with Crippen LogP contribution >= 0.6 is 0 Å². The van der Waals surface area contributed by atoms with E-state index in [-0.39, 0.29) is 5.54 Å². The van der Waals surface area contributed by atoms with E-state index in [0.29, 0.717) is 0 Å². The molecule has 3 aliphatic rings. The molecule has 4 N–H and O–H groups in total. The van der Waals surface area contributed by atoms with Gasteiger partial charge in [-0.2, -0.15) is 0 Å². The van der Waals surface area contributed by atoms with Gasteiger partial charge < -0.3 is 20.9 Å². The normalized spacial score (nSPS) is 21.9. The van der Waals surface area contributed by atoms with Gasteiger partial charge in [-0.25, -0.2) is 0 Å². The number of hydrogen-bond donors (Lipinski definition) is 3. The fourth-order valence-electron chi connectivity index (χ4n) is 4.72. The first-order chi connectivity index (χ1) is 13.2. The maximum atomic E-state index is 6.33. The Morgan fingerprint density at radius 2 is 2.07 bits per heavy atom. The van der Waals surface area contributed by atoms with Crippen LogP contribution in [0.1, 0.15) is 63.1 Å². The summed E-state index contributed by atoms with van der Waals surface area (Å²) in [4.78, 5) is 8.64. The number of aliphatic imine (C=N–C) groups is 2. The van der Waals surface area contributed by atoms with Crippen LogP contribution in [0.5, 0.6) is 0 Å². The number of aromatic nitrogens is 1. The van der Waals surface area contributed by atoms with Gasteiger partial charge in [0.1, 0.15) is 5.82 Å². The average Bonchev–Trinajstić information content (AvgIpc) is 3.02. The molecule has 6 nitrogen and oxygen atoms in total. The Labute approximate surface area is 163 Å². The van der Waals surface area contributed by atoms with Crippen molar-refractivity contribution in [3.05, 3.63) is 17.3 Å². The Balaban J connectivity index is 0.000000197. The van der Waals surface area contributed by atoms with E-state index in [9.17, 15) is 0 Å². The summed E-state index contributed by atoms with van der Waals surface area (Å²) < 4.78 is 2.32. The fourth-order valence-corrected chi connectivity index (χ4v) is 4.72. The summed E-state index contributed by atoms with van der Waals surface area (Å²) in [5, 5.41) is 6.78. The highest BCUT2D eigenvalue weighted by atomic mass is 15.2. The molecular formula is C21H36N6. The number of hydrogen-bond acceptors (Lipinski definition) is 5. The Kier molecular flexibility index (Phi) is 7.07. The van der Waals surface area contributed by atoms with Crippen LogP contribution in [0.15, 0.2) is 16.1 Å². The Morgan fingerprint density at radius 3 is 2.74 bits per heavy atom. The van der Waals surface area contributed by atoms with Crippen molar-refractivity contribution in [3.63, 3.8) is 0 Å². The fraction of sp³-hybridized carbons (Fsp3) is 0.714. The van der Waals surface area contributed by atoms with Crippen LogP contribution in [0, 0.1) is 0 Å². The van der Waals surface area contributed by atoms with Gasteiger partial charge in [0, 0.05) is 31.1 Å². The topological polar surface area (TPSA) is 79.7 Å². The first kappa shape index (κ1) is 20.1. The molecule has 0 radical (unpaired) electrons. The van der Waals surface area contributed by atoms with Crippen LogP contribution in [-0.2, 0) is 5.54 Å². The van der Waals surface area contributed by atoms with Crippen LogP contribution in [0.2, 0.25) is 0 Å². The Morgan fingerprint density at radius 1 is 1.33 bits per heavy atom. The Bertz CT molecular complexity index is 645. The lowest BCUT2D eigenvalue weighted by atomic mass is 9.80. The third-order valence-electron chi connectivity index (χ3n) is 6.07. The molecule has 2 aliphatic heterocycles. The predicted octanol–water partition coefficient (Wildman–Crippen LogP) is 2.56. The van der Waals surface area contributed by atoms with Crippen molar-refractivity contribution in [1.29, 1.82) is 0 Å². The van der Waals surface area contributed by atoms with Gasteiger partial charge in [0.15, 0.2) is 0 Å². The van der Waals surface area contributed by atoms with E-state index >= 15 is 0 Å². The van der Waals surface area contributed by atoms with Gasteiger partial charge in [0.2, 0.25) is 0 Å². The molecule has 1 aromatic rings. The van der Waals surface area contributed by atoms with E-state index in [1.165, 1.54) is 58.0 Å². The molecule has 0 unspecified atom stereocenters. The molecule has 4 rings (SSSR count). The second-order valence-electron chi connectivity index (χ2n) is 7.97. The second kappa shape index (κ2) is 9.51. The van der Waals surface area contributed by atoms with Crippen molar-refractivity contribution >= 4 is 18.2 Å². The minimum atomic E-state index is 0.131. The molecule has 6 heteroatoms. The molecule has 1 saturated heterocycles. The second-order valence-corrected chi connectivity index (χ2v) is 7.97. The van der Waals surface area contributed by atoms with E-state index in [4.69, 9.17) is 5.73 Å². The van der Waals surface area contributed by atoms with Crippen LogP contribution < -0.4 is 16.4 Å². The number of fused-ring (bicyclic) bond motifs is 2. The Hall–Kier alpha value is -1.66. The molecule has 1 saturated carbocycles. The summed E-state index contributed by atoms with van der Waals surface area (Å²) >= 11 is 0. The molecule has 0 aromatic carbocycles. The van der Waals surface area contributed by atoms with Crippen molar-refractivity contribution in [3.8, 4) is 0 Å². The lowest BCUT2D eigenvalue weighted by Gasteiger charge is -2.41. The van der Waals surface area contributed by atoms with Gasteiger partial charge in [0.05, 0.1) is 17.8 Å². The molecule has 1 aliphatic carbocycles. The van der Waals surface area contributed by atoms with E-state index in [2.05, 4.69) is 38.2 Å². The van der Waals surface area contributed by atoms with Crippen LogP contribution in [-0.4, -0.2) is 56.3 Å². The molecule has 150 valence electrons. The summed E-state index contributed by atoms with van der Waals surface area (Å²) in [7, 11) is 1.78. The zero-order valence-electron chi connectivity index (χ0n) is 17.0. The summed E-state index contributed by atoms with van der Waals surface area (Å²) in [5.41, 5.74) is 8.61. The van der Waals surface area contributed by atoms with Gasteiger partial charge in [0.25, 0.3) is 0 Å². The highest BCUT2D eigenvalue weighted by Crippen LogP contribution is 2.40. The van der Waals surface area contributed by atoms with E-state index in [1.807, 2.05) is 12.4 Å². The third-order valence-corrected chi connectivity index (χ3v) is 6.07. The lowest BCUT2D eigenvalue weighted by molar-refractivity contribution is 0.202. The zero-order chi connectivity index (χ0) is 19.1. The quantitative estimate of drug-likeness (QED) is 0.714. The van der Waals surface area contributed by atoms with E-state index < -0.39 is 0 Å². The van der Waals surface area contributed by atoms with Crippen molar-refractivity contribution in [2.24, 2.45) is 9.98 Å². The lowest BCUT2D eigenvalue weighted by Crippen LogP contribution is -2.42. The molecular weight excluding hydrogens is 336 g/mol. The number of nitrogens with one attached hydrogen (secondary N) is 2. The molecule has 0 bridgehead atoms. The predicted molar refractivity (Wildman–Crippen MR) is 115 cm³/mol. The monoisotopic (exact) mass is 372 g/mol. The van der Waals surface area contributed by atoms with Crippen molar-refractivity contribution in [2.45, 2.75) is 63.5 Å². The molecule has 0 amide bonds. The molecule has 1 aromatic heterocycles. The van der Waals surface area contributed by atoms with Gasteiger partial charge in [-0.1, -0.05) is 26.2 Å². The van der Waals surface area contributed by atoms with Crippen LogP contribution in [0.25, 0.3) is 0 Å². The van der Waals surface area contributed by atoms with E-state index in [0.717, 1.165) is 36.2 Å². The minimum Gasteiger partial charge on any atom is -0.385 e. The minimum absolute atomic E-state index is 0.131. The first-order valence-corrected chi connectivity index (χ1v) is 10.6. The third kappa shape index (κ3) is 4.61. The van der Waals surface area contributed by atoms with Gasteiger partial charge in [-0.3, -0.25) is 9.98 Å². The van der Waals surface area contributed by atoms with Crippen molar-refractivity contribution < 1.29 is 0 Å². The number of nitrogens with two attached hydrogens (primary N) is 1. The van der Waals surface area contributed by atoms with Crippen LogP contribution in [0.4, 0.5) is 5.82 Å². The van der Waals surface area contributed by atoms with Gasteiger partial charge >= 0.3 is 0 Å². The maximum absolute atomic E-state index is 6.33. The summed E-state index contributed by atoms with van der Waals surface area (Å²) in [6, 6.07) is 2.89. The smallest absolute Gasteiger partial charge is 0.113 e. The van der Waals surface area contributed by atoms with Gasteiger partial charge in [-0.15, -0.1) is 0 Å². The summed E-state index contributed by atoms with van der Waals surface area (Å²) in [6.45, 7) is 6.55. The van der Waals surface area contributed by atoms with Crippen LogP contribution in [0.3, 0.4) is 0 Å². The largest absolute Gasteiger partial charge is 0.385 e. The van der Waals surface area contributed by atoms with Crippen molar-refractivity contribution in [1.82, 2.24) is 15.2 Å². The SMILES string of the molecule is CCNC1CCNCC1.CN=Cc1cc2n(c1N)C1(CCCCC1)CN=C2. The highest BCUT2D eigenvalue weighted by Gasteiger charge is 2.38. The number of nitrogen functional groups attached to an aromatic ring is 1. The molecule has 2 fully saturated rings. The molecule has 27 heavy (non-hydrogen) atoms. The number of piperidine rings is 1. The van der Waals surface area contributed by atoms with Crippen molar-refractivity contribution in [2.75, 3.05) is 39.0 Å². The first-order valence-electron chi connectivity index (χ1n) is 10.6. The zero-order valence-corrected chi connectivity index (χ0v) is 17.0.